The van der Waals surface area contributed by atoms with Crippen molar-refractivity contribution in [1.82, 2.24) is 14.8 Å². The van der Waals surface area contributed by atoms with Crippen LogP contribution in [0.4, 0.5) is 0 Å². The number of nitrogens with one attached hydrogen (secondary N) is 1. The standard InChI is InChI=1S/C22H23N3O2S/c1-6-10-24-21(27)18(20(26)23-22(24)28)12-17-11-14(3)25(16(17)5)19-9-7-8-13(2)15(19)4/h6-9,11-12H,1,10H2,2-5H3,(H,23,26,28)/b18-12-. The van der Waals surface area contributed by atoms with Crippen LogP contribution in [0.1, 0.15) is 28.1 Å². The summed E-state index contributed by atoms with van der Waals surface area (Å²) in [5.74, 6) is -0.892. The first-order valence-electron chi connectivity index (χ1n) is 9.01. The summed E-state index contributed by atoms with van der Waals surface area (Å²) in [6, 6.07) is 8.16. The van der Waals surface area contributed by atoms with Crippen molar-refractivity contribution >= 4 is 35.2 Å². The summed E-state index contributed by atoms with van der Waals surface area (Å²) in [4.78, 5) is 26.5. The Morgan fingerprint density at radius 3 is 2.57 bits per heavy atom. The quantitative estimate of drug-likeness (QED) is 0.374. The minimum Gasteiger partial charge on any atom is -0.318 e. The zero-order chi connectivity index (χ0) is 20.6. The second-order valence-corrected chi connectivity index (χ2v) is 7.29. The molecule has 0 bridgehead atoms. The Kier molecular flexibility index (Phi) is 5.34. The van der Waals surface area contributed by atoms with Gasteiger partial charge in [-0.25, -0.2) is 0 Å². The van der Waals surface area contributed by atoms with Gasteiger partial charge in [-0.2, -0.15) is 0 Å². The van der Waals surface area contributed by atoms with Crippen molar-refractivity contribution in [2.45, 2.75) is 27.7 Å². The lowest BCUT2D eigenvalue weighted by Gasteiger charge is -2.27. The van der Waals surface area contributed by atoms with Crippen LogP contribution < -0.4 is 5.32 Å². The van der Waals surface area contributed by atoms with Crippen molar-refractivity contribution in [3.63, 3.8) is 0 Å². The van der Waals surface area contributed by atoms with Crippen molar-refractivity contribution in [1.29, 1.82) is 0 Å². The molecule has 0 aliphatic carbocycles. The zero-order valence-corrected chi connectivity index (χ0v) is 17.3. The van der Waals surface area contributed by atoms with Gasteiger partial charge in [0.25, 0.3) is 11.8 Å². The van der Waals surface area contributed by atoms with Crippen LogP contribution in [-0.2, 0) is 9.59 Å². The van der Waals surface area contributed by atoms with Gasteiger partial charge in [0, 0.05) is 23.6 Å². The number of carbonyl (C=O) groups excluding carboxylic acids is 2. The monoisotopic (exact) mass is 393 g/mol. The van der Waals surface area contributed by atoms with Crippen LogP contribution >= 0.6 is 12.2 Å². The lowest BCUT2D eigenvalue weighted by molar-refractivity contribution is -0.128. The topological polar surface area (TPSA) is 54.3 Å². The maximum atomic E-state index is 12.8. The molecule has 1 aliphatic rings. The normalized spacial score (nSPS) is 15.9. The zero-order valence-electron chi connectivity index (χ0n) is 16.5. The predicted octanol–water partition coefficient (Wildman–Crippen LogP) is 3.52. The van der Waals surface area contributed by atoms with Gasteiger partial charge in [0.05, 0.1) is 0 Å². The highest BCUT2D eigenvalue weighted by atomic mass is 32.1. The third-order valence-corrected chi connectivity index (χ3v) is 5.41. The van der Waals surface area contributed by atoms with E-state index in [0.717, 1.165) is 22.6 Å². The van der Waals surface area contributed by atoms with Gasteiger partial charge in [-0.15, -0.1) is 6.58 Å². The molecule has 2 heterocycles. The highest BCUT2D eigenvalue weighted by molar-refractivity contribution is 7.80. The number of benzene rings is 1. The van der Waals surface area contributed by atoms with Crippen molar-refractivity contribution in [3.8, 4) is 5.69 Å². The van der Waals surface area contributed by atoms with Gasteiger partial charge in [-0.3, -0.25) is 19.8 Å². The minimum atomic E-state index is -0.480. The predicted molar refractivity (Wildman–Crippen MR) is 115 cm³/mol. The molecule has 3 rings (SSSR count). The molecule has 0 saturated carbocycles. The number of aromatic nitrogens is 1. The molecule has 1 fully saturated rings. The Morgan fingerprint density at radius 2 is 1.89 bits per heavy atom. The smallest absolute Gasteiger partial charge is 0.265 e. The van der Waals surface area contributed by atoms with Gasteiger partial charge in [-0.05, 0) is 74.8 Å². The number of nitrogens with zero attached hydrogens (tertiary/aromatic N) is 2. The Labute approximate surface area is 170 Å². The van der Waals surface area contributed by atoms with Gasteiger partial charge in [0.15, 0.2) is 5.11 Å². The molecule has 0 atom stereocenters. The lowest BCUT2D eigenvalue weighted by Crippen LogP contribution is -2.53. The van der Waals surface area contributed by atoms with Crippen LogP contribution in [0.3, 0.4) is 0 Å². The molecule has 6 heteroatoms. The van der Waals surface area contributed by atoms with Gasteiger partial charge in [0.2, 0.25) is 0 Å². The molecular formula is C22H23N3O2S. The van der Waals surface area contributed by atoms with E-state index in [1.165, 1.54) is 16.0 Å². The Hall–Kier alpha value is -2.99. The third kappa shape index (κ3) is 3.31. The molecule has 1 aromatic carbocycles. The fraction of sp³-hybridized carbons (Fsp3) is 0.227. The molecule has 5 nitrogen and oxygen atoms in total. The molecule has 144 valence electrons. The summed E-state index contributed by atoms with van der Waals surface area (Å²) < 4.78 is 2.14. The van der Waals surface area contributed by atoms with Gasteiger partial charge >= 0.3 is 0 Å². The molecule has 2 amide bonds. The minimum absolute atomic E-state index is 0.0664. The summed E-state index contributed by atoms with van der Waals surface area (Å²) in [6.45, 7) is 12.1. The highest BCUT2D eigenvalue weighted by Crippen LogP contribution is 2.27. The van der Waals surface area contributed by atoms with E-state index in [0.29, 0.717) is 0 Å². The van der Waals surface area contributed by atoms with E-state index in [2.05, 4.69) is 42.4 Å². The number of thiocarbonyl (C=S) groups is 1. The maximum absolute atomic E-state index is 12.8. The van der Waals surface area contributed by atoms with Crippen molar-refractivity contribution in [3.05, 3.63) is 70.6 Å². The number of hydrogen-bond donors (Lipinski definition) is 1. The highest BCUT2D eigenvalue weighted by Gasteiger charge is 2.32. The first kappa shape index (κ1) is 19.8. The number of carbonyl (C=O) groups is 2. The SMILES string of the molecule is C=CCN1C(=O)/C(=C\c2cc(C)n(-c3cccc(C)c3C)c2C)C(=O)NC1=S. The van der Waals surface area contributed by atoms with E-state index in [-0.39, 0.29) is 17.2 Å². The largest absolute Gasteiger partial charge is 0.318 e. The van der Waals surface area contributed by atoms with Crippen LogP contribution in [0.5, 0.6) is 0 Å². The molecule has 1 N–H and O–H groups in total. The van der Waals surface area contributed by atoms with Gasteiger partial charge in [0.1, 0.15) is 5.57 Å². The fourth-order valence-electron chi connectivity index (χ4n) is 3.43. The van der Waals surface area contributed by atoms with Crippen molar-refractivity contribution in [2.75, 3.05) is 6.54 Å². The number of rotatable bonds is 4. The van der Waals surface area contributed by atoms with Gasteiger partial charge < -0.3 is 4.57 Å². The summed E-state index contributed by atoms with van der Waals surface area (Å²) in [6.07, 6.45) is 3.21. The lowest BCUT2D eigenvalue weighted by atomic mass is 10.1. The second kappa shape index (κ2) is 7.56. The molecule has 2 aromatic rings. The Balaban J connectivity index is 2.09. The van der Waals surface area contributed by atoms with Crippen LogP contribution in [0.15, 0.2) is 42.5 Å². The van der Waals surface area contributed by atoms with E-state index >= 15 is 0 Å². The molecule has 0 unspecified atom stereocenters. The molecule has 1 aromatic heterocycles. The second-order valence-electron chi connectivity index (χ2n) is 6.90. The summed E-state index contributed by atoms with van der Waals surface area (Å²) >= 11 is 5.10. The summed E-state index contributed by atoms with van der Waals surface area (Å²) in [5, 5.41) is 2.68. The molecular weight excluding hydrogens is 370 g/mol. The Morgan fingerprint density at radius 1 is 1.18 bits per heavy atom. The van der Waals surface area contributed by atoms with E-state index in [1.807, 2.05) is 26.0 Å². The first-order chi connectivity index (χ1) is 13.3. The number of amides is 2. The van der Waals surface area contributed by atoms with Crippen LogP contribution in [-0.4, -0.2) is 32.9 Å². The average Bonchev–Trinajstić information content (AvgIpc) is 2.91. The molecule has 0 spiro atoms. The number of aryl methyl sites for hydroxylation is 2. The van der Waals surface area contributed by atoms with E-state index < -0.39 is 11.8 Å². The molecule has 0 radical (unpaired) electrons. The fourth-order valence-corrected chi connectivity index (χ4v) is 3.68. The van der Waals surface area contributed by atoms with Crippen LogP contribution in [0.2, 0.25) is 0 Å². The maximum Gasteiger partial charge on any atom is 0.265 e. The Bertz CT molecular complexity index is 1050. The first-order valence-corrected chi connectivity index (χ1v) is 9.42. The van der Waals surface area contributed by atoms with Gasteiger partial charge in [-0.1, -0.05) is 18.2 Å². The molecule has 1 aliphatic heterocycles. The van der Waals surface area contributed by atoms with Crippen molar-refractivity contribution in [2.24, 2.45) is 0 Å². The van der Waals surface area contributed by atoms with Crippen LogP contribution in [0, 0.1) is 27.7 Å². The third-order valence-electron chi connectivity index (χ3n) is 5.08. The average molecular weight is 394 g/mol. The summed E-state index contributed by atoms with van der Waals surface area (Å²) in [5.41, 5.74) is 6.37. The van der Waals surface area contributed by atoms with Crippen molar-refractivity contribution < 1.29 is 9.59 Å². The molecule has 1 saturated heterocycles. The van der Waals surface area contributed by atoms with E-state index in [9.17, 15) is 9.59 Å². The summed E-state index contributed by atoms with van der Waals surface area (Å²) in [7, 11) is 0. The van der Waals surface area contributed by atoms with E-state index in [4.69, 9.17) is 12.2 Å². The van der Waals surface area contributed by atoms with Crippen LogP contribution in [0.25, 0.3) is 11.8 Å². The number of hydrogen-bond acceptors (Lipinski definition) is 3. The van der Waals surface area contributed by atoms with E-state index in [1.54, 1.807) is 12.2 Å². The molecule has 28 heavy (non-hydrogen) atoms.